The van der Waals surface area contributed by atoms with Gasteiger partial charge in [-0.2, -0.15) is 0 Å². The number of carbonyl (C=O) groups excluding carboxylic acids is 1. The third-order valence-corrected chi connectivity index (χ3v) is 5.84. The topological polar surface area (TPSA) is 67.2 Å². The molecule has 0 aliphatic heterocycles. The molecule has 4 aromatic rings. The van der Waals surface area contributed by atoms with Crippen LogP contribution in [-0.2, 0) is 4.79 Å². The number of amides is 1. The molecular weight excluding hydrogens is 450 g/mol. The van der Waals surface area contributed by atoms with Crippen molar-refractivity contribution in [3.05, 3.63) is 77.3 Å². The van der Waals surface area contributed by atoms with Crippen molar-refractivity contribution in [2.24, 2.45) is 0 Å². The molecule has 0 fully saturated rings. The number of hydrogen-bond donors (Lipinski definition) is 2. The molecule has 31 heavy (non-hydrogen) atoms. The summed E-state index contributed by atoms with van der Waals surface area (Å²) in [6.45, 7) is 2.02. The van der Waals surface area contributed by atoms with Gasteiger partial charge in [-0.05, 0) is 85.4 Å². The van der Waals surface area contributed by atoms with E-state index in [1.165, 1.54) is 11.8 Å². The number of aromatic nitrogens is 1. The minimum atomic E-state index is -0.184. The highest BCUT2D eigenvalue weighted by molar-refractivity contribution is 8.00. The highest BCUT2D eigenvalue weighted by Crippen LogP contribution is 2.26. The number of rotatable bonds is 5. The Morgan fingerprint density at radius 1 is 1.10 bits per heavy atom. The van der Waals surface area contributed by atoms with Gasteiger partial charge in [0.1, 0.15) is 5.52 Å². The zero-order valence-electron chi connectivity index (χ0n) is 16.5. The summed E-state index contributed by atoms with van der Waals surface area (Å²) in [6, 6.07) is 20.7. The Labute approximate surface area is 194 Å². The van der Waals surface area contributed by atoms with Crippen molar-refractivity contribution in [2.45, 2.75) is 11.8 Å². The number of fused-ring (bicyclic) bond motifs is 1. The Kier molecular flexibility index (Phi) is 6.56. The fourth-order valence-electron chi connectivity index (χ4n) is 2.86. The van der Waals surface area contributed by atoms with E-state index in [-0.39, 0.29) is 16.8 Å². The molecule has 0 aliphatic carbocycles. The maximum atomic E-state index is 12.1. The van der Waals surface area contributed by atoms with E-state index >= 15 is 0 Å². The van der Waals surface area contributed by atoms with E-state index in [0.29, 0.717) is 10.9 Å². The van der Waals surface area contributed by atoms with Crippen LogP contribution >= 0.6 is 35.6 Å². The molecule has 0 saturated heterocycles. The predicted octanol–water partition coefficient (Wildman–Crippen LogP) is 6.06. The minimum Gasteiger partial charge on any atom is -0.436 e. The molecule has 0 atom stereocenters. The molecule has 8 heteroatoms. The largest absolute Gasteiger partial charge is 0.436 e. The van der Waals surface area contributed by atoms with Gasteiger partial charge in [-0.3, -0.25) is 4.79 Å². The van der Waals surface area contributed by atoms with Crippen LogP contribution < -0.4 is 10.6 Å². The third-order valence-electron chi connectivity index (χ3n) is 4.37. The smallest absolute Gasteiger partial charge is 0.236 e. The van der Waals surface area contributed by atoms with Gasteiger partial charge in [-0.1, -0.05) is 17.7 Å². The lowest BCUT2D eigenvalue weighted by Crippen LogP contribution is -2.35. The van der Waals surface area contributed by atoms with Crippen LogP contribution in [0, 0.1) is 6.92 Å². The van der Waals surface area contributed by atoms with Gasteiger partial charge in [0.15, 0.2) is 10.7 Å². The molecule has 1 aromatic heterocycles. The average molecular weight is 468 g/mol. The van der Waals surface area contributed by atoms with Crippen LogP contribution in [0.3, 0.4) is 0 Å². The second kappa shape index (κ2) is 9.51. The molecule has 0 unspecified atom stereocenters. The number of carbonyl (C=O) groups is 1. The van der Waals surface area contributed by atoms with Gasteiger partial charge in [0.2, 0.25) is 11.8 Å². The summed E-state index contributed by atoms with van der Waals surface area (Å²) < 4.78 is 5.83. The first kappa shape index (κ1) is 21.4. The lowest BCUT2D eigenvalue weighted by Gasteiger charge is -2.10. The zero-order chi connectivity index (χ0) is 21.8. The molecule has 0 spiro atoms. The predicted molar refractivity (Wildman–Crippen MR) is 131 cm³/mol. The lowest BCUT2D eigenvalue weighted by molar-refractivity contribution is -0.117. The number of nitrogens with one attached hydrogen (secondary N) is 2. The molecule has 5 nitrogen and oxygen atoms in total. The lowest BCUT2D eigenvalue weighted by atomic mass is 10.2. The third kappa shape index (κ3) is 5.64. The van der Waals surface area contributed by atoms with Crippen LogP contribution in [0.1, 0.15) is 5.56 Å². The molecule has 156 valence electrons. The summed E-state index contributed by atoms with van der Waals surface area (Å²) in [5, 5.41) is 6.60. The fraction of sp³-hybridized carbons (Fsp3) is 0.0870. The van der Waals surface area contributed by atoms with E-state index in [9.17, 15) is 4.79 Å². The van der Waals surface area contributed by atoms with Crippen molar-refractivity contribution >= 4 is 63.4 Å². The van der Waals surface area contributed by atoms with Crippen molar-refractivity contribution < 1.29 is 9.21 Å². The van der Waals surface area contributed by atoms with Crippen LogP contribution in [0.25, 0.3) is 22.6 Å². The first-order chi connectivity index (χ1) is 15.0. The Morgan fingerprint density at radius 2 is 1.84 bits per heavy atom. The van der Waals surface area contributed by atoms with Gasteiger partial charge in [-0.25, -0.2) is 4.98 Å². The van der Waals surface area contributed by atoms with Crippen LogP contribution in [0.15, 0.2) is 76.0 Å². The molecule has 0 saturated carbocycles. The minimum absolute atomic E-state index is 0.184. The molecular formula is C23H18ClN3O2S2. The number of thiocarbonyl (C=S) groups is 1. The van der Waals surface area contributed by atoms with E-state index in [0.717, 1.165) is 32.8 Å². The number of benzene rings is 3. The van der Waals surface area contributed by atoms with Gasteiger partial charge < -0.3 is 15.1 Å². The highest BCUT2D eigenvalue weighted by atomic mass is 35.5. The molecule has 4 rings (SSSR count). The Balaban J connectivity index is 1.32. The Hall–Kier alpha value is -2.87. The summed E-state index contributed by atoms with van der Waals surface area (Å²) in [6.07, 6.45) is 0. The maximum absolute atomic E-state index is 12.1. The van der Waals surface area contributed by atoms with Crippen molar-refractivity contribution in [3.63, 3.8) is 0 Å². The van der Waals surface area contributed by atoms with Crippen molar-refractivity contribution in [1.29, 1.82) is 0 Å². The van der Waals surface area contributed by atoms with Gasteiger partial charge in [0.25, 0.3) is 0 Å². The summed E-state index contributed by atoms with van der Waals surface area (Å²) in [7, 11) is 0. The van der Waals surface area contributed by atoms with E-state index in [2.05, 4.69) is 15.6 Å². The van der Waals surface area contributed by atoms with Crippen LogP contribution in [0.5, 0.6) is 0 Å². The zero-order valence-corrected chi connectivity index (χ0v) is 18.9. The van der Waals surface area contributed by atoms with E-state index in [1.807, 2.05) is 61.5 Å². The van der Waals surface area contributed by atoms with Crippen molar-refractivity contribution in [2.75, 3.05) is 11.1 Å². The Morgan fingerprint density at radius 3 is 2.58 bits per heavy atom. The maximum Gasteiger partial charge on any atom is 0.236 e. The first-order valence-electron chi connectivity index (χ1n) is 9.43. The summed E-state index contributed by atoms with van der Waals surface area (Å²) in [4.78, 5) is 17.6. The molecule has 2 N–H and O–H groups in total. The molecule has 0 radical (unpaired) electrons. The van der Waals surface area contributed by atoms with Crippen LogP contribution in [0.2, 0.25) is 5.02 Å². The second-order valence-corrected chi connectivity index (χ2v) is 8.71. The number of anilines is 1. The second-order valence-electron chi connectivity index (χ2n) is 6.81. The number of nitrogens with zero attached hydrogens (tertiary/aromatic N) is 1. The van der Waals surface area contributed by atoms with Crippen molar-refractivity contribution in [3.8, 4) is 11.5 Å². The first-order valence-corrected chi connectivity index (χ1v) is 11.2. The van der Waals surface area contributed by atoms with Crippen molar-refractivity contribution in [1.82, 2.24) is 10.3 Å². The highest BCUT2D eigenvalue weighted by Gasteiger charge is 2.10. The van der Waals surface area contributed by atoms with Gasteiger partial charge in [0.05, 0.1) is 5.75 Å². The molecule has 1 heterocycles. The summed E-state index contributed by atoms with van der Waals surface area (Å²) in [5.74, 6) is 0.623. The van der Waals surface area contributed by atoms with E-state index in [4.69, 9.17) is 28.2 Å². The quantitative estimate of drug-likeness (QED) is 0.274. The van der Waals surface area contributed by atoms with E-state index in [1.54, 1.807) is 12.1 Å². The number of oxazole rings is 1. The fourth-order valence-corrected chi connectivity index (χ4v) is 3.92. The standard InChI is InChI=1S/C23H18ClN3O2S2/c1-14-2-11-20-19(12-14)26-22(29-20)15-3-7-17(8-4-15)25-23(30)27-21(28)13-31-18-9-5-16(24)6-10-18/h2-12H,13H2,1H3,(H2,25,27,28,30). The van der Waals surface area contributed by atoms with E-state index < -0.39 is 0 Å². The number of thioether (sulfide) groups is 1. The number of aryl methyl sites for hydroxylation is 1. The number of hydrogen-bond acceptors (Lipinski definition) is 5. The number of halogens is 1. The van der Waals surface area contributed by atoms with Gasteiger partial charge in [-0.15, -0.1) is 11.8 Å². The SMILES string of the molecule is Cc1ccc2oc(-c3ccc(NC(=S)NC(=O)CSc4ccc(Cl)cc4)cc3)nc2c1. The molecule has 1 amide bonds. The molecule has 0 bridgehead atoms. The van der Waals surface area contributed by atoms with Crippen LogP contribution in [-0.4, -0.2) is 21.8 Å². The monoisotopic (exact) mass is 467 g/mol. The Bertz CT molecular complexity index is 1240. The van der Waals surface area contributed by atoms with Gasteiger partial charge in [0, 0.05) is 21.2 Å². The summed E-state index contributed by atoms with van der Waals surface area (Å²) >= 11 is 12.5. The molecule has 3 aromatic carbocycles. The van der Waals surface area contributed by atoms with Gasteiger partial charge >= 0.3 is 0 Å². The summed E-state index contributed by atoms with van der Waals surface area (Å²) in [5.41, 5.74) is 4.33. The average Bonchev–Trinajstić information content (AvgIpc) is 3.17. The van der Waals surface area contributed by atoms with Crippen LogP contribution in [0.4, 0.5) is 5.69 Å². The molecule has 0 aliphatic rings. The normalized spacial score (nSPS) is 10.8.